The molecule has 0 spiro atoms. The third kappa shape index (κ3) is 1.99. The van der Waals surface area contributed by atoms with Gasteiger partial charge in [0.2, 0.25) is 0 Å². The van der Waals surface area contributed by atoms with Crippen molar-refractivity contribution >= 4 is 11.6 Å². The van der Waals surface area contributed by atoms with Crippen molar-refractivity contribution in [3.8, 4) is 0 Å². The minimum atomic E-state index is -0.866. The van der Waals surface area contributed by atoms with E-state index >= 15 is 0 Å². The fourth-order valence-electron chi connectivity index (χ4n) is 1.03. The van der Waals surface area contributed by atoms with Gasteiger partial charge in [0.15, 0.2) is 0 Å². The molecule has 0 unspecified atom stereocenters. The molecule has 1 aromatic carbocycles. The topological polar surface area (TPSA) is 35.2 Å². The fraction of sp³-hybridized carbons (Fsp3) is 0.333. The summed E-state index contributed by atoms with van der Waals surface area (Å²) in [6.07, 6.45) is 0. The molecule has 72 valence electrons. The Morgan fingerprint density at radius 3 is 2.62 bits per heavy atom. The molecule has 0 fully saturated rings. The Morgan fingerprint density at radius 1 is 1.46 bits per heavy atom. The molecule has 1 aromatic rings. The zero-order valence-electron chi connectivity index (χ0n) is 7.47. The second kappa shape index (κ2) is 3.62. The molecule has 0 aromatic heterocycles. The molecular formula is C9H11ClFNO. The molecule has 0 saturated heterocycles. The lowest BCUT2D eigenvalue weighted by Gasteiger charge is -2.22. The second-order valence-electron chi connectivity index (χ2n) is 3.23. The van der Waals surface area contributed by atoms with Crippen LogP contribution in [0.2, 0.25) is 5.02 Å². The third-order valence-electron chi connectivity index (χ3n) is 1.89. The van der Waals surface area contributed by atoms with E-state index < -0.39 is 11.4 Å². The van der Waals surface area contributed by atoms with E-state index in [-0.39, 0.29) is 5.02 Å². The zero-order valence-corrected chi connectivity index (χ0v) is 8.23. The van der Waals surface area contributed by atoms with Crippen LogP contribution in [0.5, 0.6) is 0 Å². The van der Waals surface area contributed by atoms with Crippen LogP contribution in [0, 0.1) is 5.82 Å². The van der Waals surface area contributed by atoms with Gasteiger partial charge in [-0.1, -0.05) is 23.7 Å². The van der Waals surface area contributed by atoms with Crippen LogP contribution >= 0.6 is 11.6 Å². The summed E-state index contributed by atoms with van der Waals surface area (Å²) in [7, 11) is 0. The van der Waals surface area contributed by atoms with Gasteiger partial charge in [-0.2, -0.15) is 0 Å². The van der Waals surface area contributed by atoms with Gasteiger partial charge >= 0.3 is 0 Å². The lowest BCUT2D eigenvalue weighted by molar-refractivity contribution is -0.0260. The minimum absolute atomic E-state index is 0.0719. The molecule has 0 aliphatic rings. The molecule has 0 bridgehead atoms. The molecule has 4 heteroatoms. The molecule has 0 heterocycles. The summed E-state index contributed by atoms with van der Waals surface area (Å²) in [5, 5.41) is 0.0719. The van der Waals surface area contributed by atoms with Crippen molar-refractivity contribution in [1.82, 2.24) is 0 Å². The first-order chi connectivity index (χ1) is 5.99. The number of benzene rings is 1. The number of hydrogen-bond donors (Lipinski definition) is 1. The number of hydrogen-bond acceptors (Lipinski definition) is 2. The van der Waals surface area contributed by atoms with Gasteiger partial charge in [0.05, 0.1) is 5.02 Å². The molecule has 2 N–H and O–H groups in total. The molecule has 0 radical (unpaired) electrons. The van der Waals surface area contributed by atoms with Crippen molar-refractivity contribution < 1.29 is 9.23 Å². The maximum atomic E-state index is 13.4. The highest BCUT2D eigenvalue weighted by atomic mass is 35.5. The summed E-state index contributed by atoms with van der Waals surface area (Å²) in [5.41, 5.74) is -0.517. The highest BCUT2D eigenvalue weighted by Crippen LogP contribution is 2.28. The summed E-state index contributed by atoms with van der Waals surface area (Å²) < 4.78 is 13.4. The van der Waals surface area contributed by atoms with E-state index in [0.717, 1.165) is 0 Å². The number of nitrogens with two attached hydrogens (primary N) is 1. The molecular weight excluding hydrogens is 193 g/mol. The maximum Gasteiger partial charge on any atom is 0.147 e. The summed E-state index contributed by atoms with van der Waals surface area (Å²) in [4.78, 5) is 4.66. The predicted octanol–water partition coefficient (Wildman–Crippen LogP) is 2.60. The lowest BCUT2D eigenvalue weighted by Crippen LogP contribution is -2.26. The van der Waals surface area contributed by atoms with Crippen LogP contribution in [-0.4, -0.2) is 0 Å². The average Bonchev–Trinajstić information content (AvgIpc) is 2.09. The Labute approximate surface area is 81.4 Å². The number of rotatable bonds is 2. The lowest BCUT2D eigenvalue weighted by atomic mass is 9.98. The van der Waals surface area contributed by atoms with E-state index in [1.807, 2.05) is 0 Å². The van der Waals surface area contributed by atoms with E-state index in [9.17, 15) is 4.39 Å². The second-order valence-corrected chi connectivity index (χ2v) is 3.64. The SMILES string of the molecule is CC(C)(ON)c1cccc(Cl)c1F. The van der Waals surface area contributed by atoms with E-state index in [1.54, 1.807) is 26.0 Å². The van der Waals surface area contributed by atoms with Crippen LogP contribution in [-0.2, 0) is 10.4 Å². The van der Waals surface area contributed by atoms with Crippen molar-refractivity contribution in [1.29, 1.82) is 0 Å². The van der Waals surface area contributed by atoms with E-state index in [2.05, 4.69) is 4.84 Å². The standard InChI is InChI=1S/C9H11ClFNO/c1-9(2,13-12)6-4-3-5-7(10)8(6)11/h3-5H,12H2,1-2H3. The molecule has 0 saturated carbocycles. The normalized spacial score (nSPS) is 11.8. The van der Waals surface area contributed by atoms with Crippen molar-refractivity contribution in [2.24, 2.45) is 5.90 Å². The first kappa shape index (κ1) is 10.4. The molecule has 1 rings (SSSR count). The van der Waals surface area contributed by atoms with Crippen LogP contribution in [0.25, 0.3) is 0 Å². The van der Waals surface area contributed by atoms with Gasteiger partial charge < -0.3 is 0 Å². The molecule has 2 nitrogen and oxygen atoms in total. The van der Waals surface area contributed by atoms with Crippen LogP contribution < -0.4 is 5.90 Å². The Balaban J connectivity index is 3.22. The first-order valence-electron chi connectivity index (χ1n) is 3.81. The average molecular weight is 204 g/mol. The molecule has 0 amide bonds. The van der Waals surface area contributed by atoms with Crippen LogP contribution in [0.3, 0.4) is 0 Å². The molecule has 0 aliphatic carbocycles. The Morgan fingerprint density at radius 2 is 2.08 bits per heavy atom. The minimum Gasteiger partial charge on any atom is -0.294 e. The van der Waals surface area contributed by atoms with E-state index in [1.165, 1.54) is 6.07 Å². The Kier molecular flexibility index (Phi) is 2.91. The largest absolute Gasteiger partial charge is 0.294 e. The third-order valence-corrected chi connectivity index (χ3v) is 2.19. The Hall–Kier alpha value is -0.640. The predicted molar refractivity (Wildman–Crippen MR) is 49.7 cm³/mol. The van der Waals surface area contributed by atoms with Crippen LogP contribution in [0.4, 0.5) is 4.39 Å². The van der Waals surface area contributed by atoms with Gasteiger partial charge in [-0.15, -0.1) is 0 Å². The van der Waals surface area contributed by atoms with Crippen molar-refractivity contribution in [2.75, 3.05) is 0 Å². The quantitative estimate of drug-likeness (QED) is 0.750. The van der Waals surface area contributed by atoms with Crippen molar-refractivity contribution in [2.45, 2.75) is 19.4 Å². The van der Waals surface area contributed by atoms with Gasteiger partial charge in [0.1, 0.15) is 11.4 Å². The van der Waals surface area contributed by atoms with Crippen LogP contribution in [0.15, 0.2) is 18.2 Å². The highest BCUT2D eigenvalue weighted by Gasteiger charge is 2.25. The van der Waals surface area contributed by atoms with Gasteiger partial charge in [-0.05, 0) is 19.9 Å². The molecule has 13 heavy (non-hydrogen) atoms. The van der Waals surface area contributed by atoms with Gasteiger partial charge in [-0.3, -0.25) is 4.84 Å². The maximum absolute atomic E-state index is 13.4. The summed E-state index contributed by atoms with van der Waals surface area (Å²) in [6.45, 7) is 3.34. The fourth-order valence-corrected chi connectivity index (χ4v) is 1.21. The molecule has 0 aliphatic heterocycles. The monoisotopic (exact) mass is 203 g/mol. The van der Waals surface area contributed by atoms with Crippen LogP contribution in [0.1, 0.15) is 19.4 Å². The van der Waals surface area contributed by atoms with Gasteiger partial charge in [0, 0.05) is 5.56 Å². The Bertz CT molecular complexity index is 314. The van der Waals surface area contributed by atoms with E-state index in [0.29, 0.717) is 5.56 Å². The summed E-state index contributed by atoms with van der Waals surface area (Å²) in [6, 6.07) is 4.72. The summed E-state index contributed by atoms with van der Waals surface area (Å²) >= 11 is 5.61. The van der Waals surface area contributed by atoms with Crippen molar-refractivity contribution in [3.63, 3.8) is 0 Å². The first-order valence-corrected chi connectivity index (χ1v) is 4.19. The van der Waals surface area contributed by atoms with Crippen molar-refractivity contribution in [3.05, 3.63) is 34.6 Å². The number of halogens is 2. The summed E-state index contributed by atoms with van der Waals surface area (Å²) in [5.74, 6) is 4.56. The smallest absolute Gasteiger partial charge is 0.147 e. The van der Waals surface area contributed by atoms with Gasteiger partial charge in [-0.25, -0.2) is 10.3 Å². The zero-order chi connectivity index (χ0) is 10.1. The van der Waals surface area contributed by atoms with E-state index in [4.69, 9.17) is 17.5 Å². The highest BCUT2D eigenvalue weighted by molar-refractivity contribution is 6.30. The van der Waals surface area contributed by atoms with Gasteiger partial charge in [0.25, 0.3) is 0 Å². The molecule has 0 atom stereocenters.